The van der Waals surface area contributed by atoms with Gasteiger partial charge in [0.2, 0.25) is 5.95 Å². The zero-order valence-electron chi connectivity index (χ0n) is 14.7. The van der Waals surface area contributed by atoms with Crippen LogP contribution in [0.1, 0.15) is 26.4 Å². The van der Waals surface area contributed by atoms with E-state index < -0.39 is 5.97 Å². The fourth-order valence-corrected chi connectivity index (χ4v) is 2.39. The first kappa shape index (κ1) is 18.1. The van der Waals surface area contributed by atoms with Gasteiger partial charge < -0.3 is 15.4 Å². The molecule has 1 aromatic heterocycles. The largest absolute Gasteiger partial charge is 0.465 e. The third-order valence-electron chi connectivity index (χ3n) is 3.72. The molecule has 136 valence electrons. The summed E-state index contributed by atoms with van der Waals surface area (Å²) in [6.07, 6.45) is 1.50. The van der Waals surface area contributed by atoms with Crippen LogP contribution in [-0.4, -0.2) is 29.0 Å². The first-order valence-corrected chi connectivity index (χ1v) is 8.26. The highest BCUT2D eigenvalue weighted by Crippen LogP contribution is 2.15. The number of nitrogens with zero attached hydrogens (tertiary/aromatic N) is 2. The van der Waals surface area contributed by atoms with Gasteiger partial charge in [-0.25, -0.2) is 14.8 Å². The summed E-state index contributed by atoms with van der Waals surface area (Å²) in [5.41, 5.74) is 2.25. The molecule has 7 nitrogen and oxygen atoms in total. The molecule has 0 aliphatic carbocycles. The third-order valence-corrected chi connectivity index (χ3v) is 3.72. The molecule has 0 bridgehead atoms. The van der Waals surface area contributed by atoms with Crippen LogP contribution in [0.2, 0.25) is 0 Å². The molecule has 3 rings (SSSR count). The van der Waals surface area contributed by atoms with E-state index in [0.29, 0.717) is 17.8 Å². The van der Waals surface area contributed by atoms with Gasteiger partial charge in [-0.15, -0.1) is 0 Å². The Morgan fingerprint density at radius 1 is 1.04 bits per heavy atom. The van der Waals surface area contributed by atoms with Crippen molar-refractivity contribution < 1.29 is 14.3 Å². The number of anilines is 2. The summed E-state index contributed by atoms with van der Waals surface area (Å²) >= 11 is 0. The molecular formula is C20H18N4O3. The Bertz CT molecular complexity index is 945. The van der Waals surface area contributed by atoms with E-state index >= 15 is 0 Å². The number of esters is 1. The van der Waals surface area contributed by atoms with Crippen molar-refractivity contribution in [3.63, 3.8) is 0 Å². The molecule has 27 heavy (non-hydrogen) atoms. The lowest BCUT2D eigenvalue weighted by atomic mass is 10.2. The van der Waals surface area contributed by atoms with Crippen molar-refractivity contribution in [2.75, 3.05) is 12.4 Å². The molecule has 0 unspecified atom stereocenters. The van der Waals surface area contributed by atoms with Gasteiger partial charge in [0.1, 0.15) is 5.69 Å². The van der Waals surface area contributed by atoms with Gasteiger partial charge in [0.05, 0.1) is 12.7 Å². The lowest BCUT2D eigenvalue weighted by Crippen LogP contribution is -2.24. The molecule has 0 fully saturated rings. The van der Waals surface area contributed by atoms with Crippen LogP contribution in [-0.2, 0) is 11.3 Å². The minimum absolute atomic E-state index is 0.243. The van der Waals surface area contributed by atoms with E-state index in [0.717, 1.165) is 5.56 Å². The summed E-state index contributed by atoms with van der Waals surface area (Å²) in [6.45, 7) is 0.410. The number of nitrogens with one attached hydrogen (secondary N) is 2. The maximum absolute atomic E-state index is 12.3. The molecule has 2 N–H and O–H groups in total. The summed E-state index contributed by atoms with van der Waals surface area (Å²) in [5.74, 6) is -0.481. The van der Waals surface area contributed by atoms with E-state index in [9.17, 15) is 9.59 Å². The first-order valence-electron chi connectivity index (χ1n) is 8.26. The fourth-order valence-electron chi connectivity index (χ4n) is 2.39. The second kappa shape index (κ2) is 8.57. The average Bonchev–Trinajstić information content (AvgIpc) is 2.72. The fraction of sp³-hybridized carbons (Fsp3) is 0.100. The summed E-state index contributed by atoms with van der Waals surface area (Å²) < 4.78 is 4.70. The highest BCUT2D eigenvalue weighted by molar-refractivity contribution is 5.92. The van der Waals surface area contributed by atoms with Crippen LogP contribution in [0.5, 0.6) is 0 Å². The highest BCUT2D eigenvalue weighted by atomic mass is 16.5. The van der Waals surface area contributed by atoms with Crippen LogP contribution < -0.4 is 10.6 Å². The van der Waals surface area contributed by atoms with Crippen molar-refractivity contribution in [3.05, 3.63) is 83.7 Å². The number of aromatic nitrogens is 2. The number of ether oxygens (including phenoxy) is 1. The monoisotopic (exact) mass is 362 g/mol. The molecule has 0 saturated heterocycles. The molecular weight excluding hydrogens is 344 g/mol. The minimum Gasteiger partial charge on any atom is -0.465 e. The molecule has 7 heteroatoms. The second-order valence-corrected chi connectivity index (χ2v) is 5.63. The molecule has 0 atom stereocenters. The van der Waals surface area contributed by atoms with Crippen LogP contribution >= 0.6 is 0 Å². The number of amides is 1. The van der Waals surface area contributed by atoms with Crippen molar-refractivity contribution in [2.45, 2.75) is 6.54 Å². The number of carbonyl (C=O) groups excluding carboxylic acids is 2. The number of hydrogen-bond acceptors (Lipinski definition) is 6. The van der Waals surface area contributed by atoms with Crippen molar-refractivity contribution in [1.29, 1.82) is 0 Å². The second-order valence-electron chi connectivity index (χ2n) is 5.63. The van der Waals surface area contributed by atoms with Crippen LogP contribution in [0.4, 0.5) is 11.6 Å². The number of hydrogen-bond donors (Lipinski definition) is 2. The molecule has 3 aromatic rings. The SMILES string of the molecule is COC(=O)c1cccc(Nc2nccc(C(=O)NCc3ccccc3)n2)c1. The van der Waals surface area contributed by atoms with Crippen LogP contribution in [0, 0.1) is 0 Å². The summed E-state index contributed by atoms with van der Waals surface area (Å²) in [6, 6.07) is 17.9. The Morgan fingerprint density at radius 2 is 1.85 bits per heavy atom. The molecule has 1 amide bonds. The van der Waals surface area contributed by atoms with E-state index in [4.69, 9.17) is 4.74 Å². The topological polar surface area (TPSA) is 93.2 Å². The molecule has 0 saturated carbocycles. The van der Waals surface area contributed by atoms with Gasteiger partial charge in [0.25, 0.3) is 5.91 Å². The van der Waals surface area contributed by atoms with E-state index in [1.165, 1.54) is 19.4 Å². The van der Waals surface area contributed by atoms with E-state index in [2.05, 4.69) is 20.6 Å². The Morgan fingerprint density at radius 3 is 2.63 bits per heavy atom. The van der Waals surface area contributed by atoms with Crippen molar-refractivity contribution in [1.82, 2.24) is 15.3 Å². The average molecular weight is 362 g/mol. The van der Waals surface area contributed by atoms with Gasteiger partial charge in [-0.2, -0.15) is 0 Å². The Kier molecular flexibility index (Phi) is 5.73. The predicted octanol–water partition coefficient (Wildman–Crippen LogP) is 2.94. The quantitative estimate of drug-likeness (QED) is 0.655. The highest BCUT2D eigenvalue weighted by Gasteiger charge is 2.10. The molecule has 1 heterocycles. The van der Waals surface area contributed by atoms with Gasteiger partial charge in [-0.3, -0.25) is 4.79 Å². The maximum atomic E-state index is 12.3. The normalized spacial score (nSPS) is 10.1. The lowest BCUT2D eigenvalue weighted by Gasteiger charge is -2.08. The van der Waals surface area contributed by atoms with Gasteiger partial charge in [0.15, 0.2) is 0 Å². The van der Waals surface area contributed by atoms with Gasteiger partial charge in [0, 0.05) is 18.4 Å². The Hall–Kier alpha value is -3.74. The lowest BCUT2D eigenvalue weighted by molar-refractivity contribution is 0.0600. The van der Waals surface area contributed by atoms with Gasteiger partial charge >= 0.3 is 5.97 Å². The summed E-state index contributed by atoms with van der Waals surface area (Å²) in [7, 11) is 1.32. The van der Waals surface area contributed by atoms with E-state index in [1.807, 2.05) is 30.3 Å². The van der Waals surface area contributed by atoms with Crippen LogP contribution in [0.25, 0.3) is 0 Å². The molecule has 2 aromatic carbocycles. The van der Waals surface area contributed by atoms with Crippen molar-refractivity contribution in [2.24, 2.45) is 0 Å². The summed E-state index contributed by atoms with van der Waals surface area (Å²) in [4.78, 5) is 32.3. The molecule has 0 aliphatic heterocycles. The predicted molar refractivity (Wildman–Crippen MR) is 101 cm³/mol. The molecule has 0 radical (unpaired) electrons. The maximum Gasteiger partial charge on any atom is 0.337 e. The molecule has 0 spiro atoms. The zero-order chi connectivity index (χ0) is 19.1. The number of benzene rings is 2. The van der Waals surface area contributed by atoms with Gasteiger partial charge in [-0.1, -0.05) is 36.4 Å². The van der Waals surface area contributed by atoms with Crippen LogP contribution in [0.15, 0.2) is 66.9 Å². The van der Waals surface area contributed by atoms with Crippen molar-refractivity contribution >= 4 is 23.5 Å². The molecule has 0 aliphatic rings. The minimum atomic E-state index is -0.436. The van der Waals surface area contributed by atoms with Crippen LogP contribution in [0.3, 0.4) is 0 Å². The zero-order valence-corrected chi connectivity index (χ0v) is 14.7. The summed E-state index contributed by atoms with van der Waals surface area (Å²) in [5, 5.41) is 5.80. The first-order chi connectivity index (χ1) is 13.2. The third kappa shape index (κ3) is 4.88. The Labute approximate surface area is 156 Å². The standard InChI is InChI=1S/C20H18N4O3/c1-27-19(26)15-8-5-9-16(12-15)23-20-21-11-10-17(24-20)18(25)22-13-14-6-3-2-4-7-14/h2-12H,13H2,1H3,(H,22,25)(H,21,23,24). The smallest absolute Gasteiger partial charge is 0.337 e. The number of rotatable bonds is 6. The number of methoxy groups -OCH3 is 1. The van der Waals surface area contributed by atoms with E-state index in [-0.39, 0.29) is 17.5 Å². The van der Waals surface area contributed by atoms with Gasteiger partial charge in [-0.05, 0) is 29.8 Å². The Balaban J connectivity index is 1.68. The van der Waals surface area contributed by atoms with E-state index in [1.54, 1.807) is 24.3 Å². The number of carbonyl (C=O) groups is 2. The van der Waals surface area contributed by atoms with Crippen molar-refractivity contribution in [3.8, 4) is 0 Å².